The van der Waals surface area contributed by atoms with Crippen molar-refractivity contribution in [3.8, 4) is 0 Å². The molecule has 0 aromatic heterocycles. The molecule has 3 rings (SSSR count). The monoisotopic (exact) mass is 577 g/mol. The van der Waals surface area contributed by atoms with Gasteiger partial charge in [-0.3, -0.25) is 13.9 Å². The van der Waals surface area contributed by atoms with Gasteiger partial charge >= 0.3 is 0 Å². The fourth-order valence-corrected chi connectivity index (χ4v) is 5.77. The highest BCUT2D eigenvalue weighted by molar-refractivity contribution is 9.10. The molecule has 0 heterocycles. The molecule has 1 fully saturated rings. The molecule has 2 amide bonds. The van der Waals surface area contributed by atoms with Crippen LogP contribution in [-0.4, -0.2) is 50.0 Å². The first-order chi connectivity index (χ1) is 17.1. The highest BCUT2D eigenvalue weighted by Crippen LogP contribution is 2.21. The maximum Gasteiger partial charge on any atom is 0.242 e. The number of amides is 2. The van der Waals surface area contributed by atoms with Crippen molar-refractivity contribution in [3.05, 3.63) is 64.6 Å². The Morgan fingerprint density at radius 1 is 1.03 bits per heavy atom. The minimum Gasteiger partial charge on any atom is -0.352 e. The second-order valence-corrected chi connectivity index (χ2v) is 12.3. The predicted octanol–water partition coefficient (Wildman–Crippen LogP) is 4.86. The number of halogens is 1. The van der Waals surface area contributed by atoms with Crippen LogP contribution in [0.1, 0.15) is 57.4 Å². The minimum atomic E-state index is -3.50. The number of anilines is 1. The quantitative estimate of drug-likeness (QED) is 0.413. The van der Waals surface area contributed by atoms with Gasteiger partial charge in [0, 0.05) is 30.0 Å². The number of nitrogens with one attached hydrogen (secondary N) is 1. The lowest BCUT2D eigenvalue weighted by Crippen LogP contribution is -2.50. The fourth-order valence-electron chi connectivity index (χ4n) is 4.54. The van der Waals surface area contributed by atoms with Crippen LogP contribution >= 0.6 is 15.9 Å². The van der Waals surface area contributed by atoms with Gasteiger partial charge in [-0.05, 0) is 56.0 Å². The molecule has 196 valence electrons. The van der Waals surface area contributed by atoms with E-state index in [4.69, 9.17) is 0 Å². The molecule has 0 radical (unpaired) electrons. The Hall–Kier alpha value is -2.39. The first-order valence-corrected chi connectivity index (χ1v) is 15.2. The standard InChI is InChI=1S/C27H36BrN3O4S/c1-21(27(33)29-24-10-5-3-6-11-24)30(20-22-15-17-23(28)18-16-22)26(32)14-9-19-31(36(2,34)35)25-12-7-4-8-13-25/h4,7-8,12-13,15-18,21,24H,3,5-6,9-11,14,19-20H2,1-2H3,(H,29,33). The predicted molar refractivity (Wildman–Crippen MR) is 147 cm³/mol. The molecule has 1 N–H and O–H groups in total. The largest absolute Gasteiger partial charge is 0.352 e. The zero-order valence-corrected chi connectivity index (χ0v) is 23.4. The first-order valence-electron chi connectivity index (χ1n) is 12.5. The lowest BCUT2D eigenvalue weighted by Gasteiger charge is -2.31. The van der Waals surface area contributed by atoms with E-state index in [2.05, 4.69) is 21.2 Å². The molecule has 0 saturated heterocycles. The second-order valence-electron chi connectivity index (χ2n) is 9.44. The van der Waals surface area contributed by atoms with Crippen molar-refractivity contribution in [2.24, 2.45) is 0 Å². The number of hydrogen-bond acceptors (Lipinski definition) is 4. The van der Waals surface area contributed by atoms with Crippen LogP contribution in [-0.2, 0) is 26.2 Å². The Balaban J connectivity index is 1.69. The van der Waals surface area contributed by atoms with Gasteiger partial charge in [-0.1, -0.05) is 65.5 Å². The highest BCUT2D eigenvalue weighted by atomic mass is 79.9. The number of sulfonamides is 1. The van der Waals surface area contributed by atoms with Crippen LogP contribution in [0.2, 0.25) is 0 Å². The van der Waals surface area contributed by atoms with Crippen LogP contribution in [0.4, 0.5) is 5.69 Å². The van der Waals surface area contributed by atoms with Crippen molar-refractivity contribution < 1.29 is 18.0 Å². The van der Waals surface area contributed by atoms with E-state index in [1.807, 2.05) is 30.3 Å². The number of carbonyl (C=O) groups excluding carboxylic acids is 2. The van der Waals surface area contributed by atoms with Gasteiger partial charge in [-0.25, -0.2) is 8.42 Å². The summed E-state index contributed by atoms with van der Waals surface area (Å²) in [5.74, 6) is -0.319. The van der Waals surface area contributed by atoms with E-state index >= 15 is 0 Å². The van der Waals surface area contributed by atoms with Crippen LogP contribution in [0, 0.1) is 0 Å². The third-order valence-corrected chi connectivity index (χ3v) is 8.30. The zero-order valence-electron chi connectivity index (χ0n) is 21.0. The third-order valence-electron chi connectivity index (χ3n) is 6.58. The summed E-state index contributed by atoms with van der Waals surface area (Å²) in [5.41, 5.74) is 1.49. The summed E-state index contributed by atoms with van der Waals surface area (Å²) in [5, 5.41) is 3.14. The Kier molecular flexibility index (Phi) is 10.4. The fraction of sp³-hybridized carbons (Fsp3) is 0.481. The van der Waals surface area contributed by atoms with Gasteiger partial charge in [-0.15, -0.1) is 0 Å². The van der Waals surface area contributed by atoms with Crippen LogP contribution in [0.5, 0.6) is 0 Å². The molecule has 0 spiro atoms. The maximum absolute atomic E-state index is 13.4. The molecule has 0 bridgehead atoms. The smallest absolute Gasteiger partial charge is 0.242 e. The van der Waals surface area contributed by atoms with Crippen LogP contribution in [0.25, 0.3) is 0 Å². The van der Waals surface area contributed by atoms with Crippen LogP contribution in [0.3, 0.4) is 0 Å². The van der Waals surface area contributed by atoms with Gasteiger partial charge in [0.05, 0.1) is 11.9 Å². The van der Waals surface area contributed by atoms with E-state index < -0.39 is 16.1 Å². The molecule has 1 aliphatic carbocycles. The van der Waals surface area contributed by atoms with Gasteiger partial charge in [0.1, 0.15) is 6.04 Å². The van der Waals surface area contributed by atoms with E-state index in [0.717, 1.165) is 35.7 Å². The van der Waals surface area contributed by atoms with E-state index in [1.54, 1.807) is 36.1 Å². The van der Waals surface area contributed by atoms with E-state index in [-0.39, 0.29) is 30.8 Å². The number of para-hydroxylation sites is 1. The molecule has 0 aliphatic heterocycles. The summed E-state index contributed by atoms with van der Waals surface area (Å²) in [6, 6.07) is 16.1. The van der Waals surface area contributed by atoms with E-state index in [9.17, 15) is 18.0 Å². The third kappa shape index (κ3) is 8.34. The van der Waals surface area contributed by atoms with Crippen LogP contribution in [0.15, 0.2) is 59.1 Å². The van der Waals surface area contributed by atoms with E-state index in [1.165, 1.54) is 17.0 Å². The van der Waals surface area contributed by atoms with Crippen molar-refractivity contribution in [1.82, 2.24) is 10.2 Å². The van der Waals surface area contributed by atoms with Crippen molar-refractivity contribution in [2.45, 2.75) is 70.5 Å². The normalized spacial score (nSPS) is 15.2. The van der Waals surface area contributed by atoms with Gasteiger partial charge < -0.3 is 10.2 Å². The minimum absolute atomic E-state index is 0.135. The highest BCUT2D eigenvalue weighted by Gasteiger charge is 2.28. The molecule has 1 unspecified atom stereocenters. The van der Waals surface area contributed by atoms with Crippen molar-refractivity contribution in [1.29, 1.82) is 0 Å². The maximum atomic E-state index is 13.4. The molecule has 7 nitrogen and oxygen atoms in total. The van der Waals surface area contributed by atoms with Crippen molar-refractivity contribution in [3.63, 3.8) is 0 Å². The van der Waals surface area contributed by atoms with E-state index in [0.29, 0.717) is 18.7 Å². The summed E-state index contributed by atoms with van der Waals surface area (Å²) in [7, 11) is -3.50. The van der Waals surface area contributed by atoms with Gasteiger partial charge in [0.2, 0.25) is 21.8 Å². The average Bonchev–Trinajstić information content (AvgIpc) is 2.86. The molecule has 2 aromatic rings. The Morgan fingerprint density at radius 3 is 2.28 bits per heavy atom. The molecular formula is C27H36BrN3O4S. The number of rotatable bonds is 11. The lowest BCUT2D eigenvalue weighted by molar-refractivity contribution is -0.141. The number of benzene rings is 2. The molecule has 9 heteroatoms. The summed E-state index contributed by atoms with van der Waals surface area (Å²) >= 11 is 3.43. The second kappa shape index (κ2) is 13.2. The first kappa shape index (κ1) is 28.2. The SMILES string of the molecule is CC(C(=O)NC1CCCCC1)N(Cc1ccc(Br)cc1)C(=O)CCCN(c1ccccc1)S(C)(=O)=O. The summed E-state index contributed by atoms with van der Waals surface area (Å²) in [4.78, 5) is 28.1. The van der Waals surface area contributed by atoms with Crippen molar-refractivity contribution >= 4 is 43.5 Å². The Bertz CT molecular complexity index is 1100. The number of nitrogens with zero attached hydrogens (tertiary/aromatic N) is 2. The topological polar surface area (TPSA) is 86.8 Å². The molecule has 1 aliphatic rings. The average molecular weight is 579 g/mol. The molecule has 2 aromatic carbocycles. The zero-order chi connectivity index (χ0) is 26.1. The molecule has 1 saturated carbocycles. The van der Waals surface area contributed by atoms with Crippen molar-refractivity contribution in [2.75, 3.05) is 17.1 Å². The van der Waals surface area contributed by atoms with Gasteiger partial charge in [-0.2, -0.15) is 0 Å². The van der Waals surface area contributed by atoms with Gasteiger partial charge in [0.15, 0.2) is 0 Å². The van der Waals surface area contributed by atoms with Crippen LogP contribution < -0.4 is 9.62 Å². The summed E-state index contributed by atoms with van der Waals surface area (Å²) in [6.45, 7) is 2.25. The Morgan fingerprint density at radius 2 is 1.67 bits per heavy atom. The van der Waals surface area contributed by atoms with Gasteiger partial charge in [0.25, 0.3) is 0 Å². The number of hydrogen-bond donors (Lipinski definition) is 1. The lowest BCUT2D eigenvalue weighted by atomic mass is 9.95. The summed E-state index contributed by atoms with van der Waals surface area (Å²) in [6.07, 6.45) is 7.01. The molecular weight excluding hydrogens is 542 g/mol. The summed E-state index contributed by atoms with van der Waals surface area (Å²) < 4.78 is 27.0. The Labute approximate surface area is 223 Å². The molecule has 36 heavy (non-hydrogen) atoms. The molecule has 1 atom stereocenters. The number of carbonyl (C=O) groups is 2.